The summed E-state index contributed by atoms with van der Waals surface area (Å²) in [4.78, 5) is 16.0. The molecule has 0 fully saturated rings. The first-order chi connectivity index (χ1) is 7.59. The molecule has 2 aromatic rings. The zero-order valence-corrected chi connectivity index (χ0v) is 10.9. The van der Waals surface area contributed by atoms with Crippen LogP contribution in [0.4, 0.5) is 0 Å². The van der Waals surface area contributed by atoms with Crippen LogP contribution in [0.15, 0.2) is 22.1 Å². The highest BCUT2D eigenvalue weighted by atomic mass is 79.9. The molecule has 16 heavy (non-hydrogen) atoms. The van der Waals surface area contributed by atoms with Crippen LogP contribution in [-0.2, 0) is 18.3 Å². The Balaban J connectivity index is 2.45. The fourth-order valence-corrected chi connectivity index (χ4v) is 2.56. The number of aromatic nitrogens is 2. The Morgan fingerprint density at radius 1 is 1.69 bits per heavy atom. The SMILES string of the molecule is Cn1c(-c2cccs2)nc(CC(=O)O)c1Br. The zero-order chi connectivity index (χ0) is 11.7. The van der Waals surface area contributed by atoms with Crippen molar-refractivity contribution < 1.29 is 9.90 Å². The lowest BCUT2D eigenvalue weighted by Crippen LogP contribution is -2.01. The normalized spacial score (nSPS) is 10.6. The van der Waals surface area contributed by atoms with Gasteiger partial charge in [-0.25, -0.2) is 4.98 Å². The van der Waals surface area contributed by atoms with Crippen LogP contribution in [0.2, 0.25) is 0 Å². The first-order valence-electron chi connectivity index (χ1n) is 4.56. The van der Waals surface area contributed by atoms with Gasteiger partial charge in [-0.05, 0) is 27.4 Å². The number of carboxylic acids is 1. The predicted molar refractivity (Wildman–Crippen MR) is 65.6 cm³/mol. The Labute approximate surface area is 105 Å². The van der Waals surface area contributed by atoms with Gasteiger partial charge in [0.2, 0.25) is 0 Å². The van der Waals surface area contributed by atoms with Gasteiger partial charge in [-0.1, -0.05) is 6.07 Å². The van der Waals surface area contributed by atoms with E-state index in [1.165, 1.54) is 0 Å². The zero-order valence-electron chi connectivity index (χ0n) is 8.48. The molecule has 0 spiro atoms. The number of carboxylic acid groups (broad SMARTS) is 1. The highest BCUT2D eigenvalue weighted by molar-refractivity contribution is 9.10. The second-order valence-electron chi connectivity index (χ2n) is 3.28. The molecule has 0 bridgehead atoms. The molecule has 0 unspecified atom stereocenters. The van der Waals surface area contributed by atoms with Gasteiger partial charge in [0.25, 0.3) is 0 Å². The molecule has 4 nitrogen and oxygen atoms in total. The van der Waals surface area contributed by atoms with Crippen LogP contribution in [-0.4, -0.2) is 20.6 Å². The van der Waals surface area contributed by atoms with E-state index in [9.17, 15) is 4.79 Å². The number of aliphatic carboxylic acids is 1. The molecule has 0 saturated carbocycles. The van der Waals surface area contributed by atoms with Crippen LogP contribution in [0.3, 0.4) is 0 Å². The van der Waals surface area contributed by atoms with E-state index < -0.39 is 5.97 Å². The second-order valence-corrected chi connectivity index (χ2v) is 4.98. The molecule has 0 aliphatic carbocycles. The fraction of sp³-hybridized carbons (Fsp3) is 0.200. The number of halogens is 1. The Bertz CT molecular complexity index is 519. The maximum absolute atomic E-state index is 10.7. The van der Waals surface area contributed by atoms with E-state index in [0.29, 0.717) is 5.69 Å². The molecule has 0 aliphatic rings. The van der Waals surface area contributed by atoms with E-state index >= 15 is 0 Å². The summed E-state index contributed by atoms with van der Waals surface area (Å²) in [5, 5.41) is 10.7. The number of nitrogens with zero attached hydrogens (tertiary/aromatic N) is 2. The molecule has 2 rings (SSSR count). The molecule has 6 heteroatoms. The topological polar surface area (TPSA) is 55.1 Å². The lowest BCUT2D eigenvalue weighted by atomic mass is 10.3. The van der Waals surface area contributed by atoms with Crippen molar-refractivity contribution in [2.75, 3.05) is 0 Å². The van der Waals surface area contributed by atoms with Gasteiger partial charge in [-0.15, -0.1) is 11.3 Å². The monoisotopic (exact) mass is 300 g/mol. The number of thiophene rings is 1. The summed E-state index contributed by atoms with van der Waals surface area (Å²) in [5.41, 5.74) is 0.554. The van der Waals surface area contributed by atoms with E-state index in [-0.39, 0.29) is 6.42 Å². The maximum Gasteiger partial charge on any atom is 0.309 e. The fourth-order valence-electron chi connectivity index (χ4n) is 1.42. The van der Waals surface area contributed by atoms with Gasteiger partial charge in [0.05, 0.1) is 17.0 Å². The second kappa shape index (κ2) is 4.39. The minimum absolute atomic E-state index is 0.0696. The summed E-state index contributed by atoms with van der Waals surface area (Å²) in [6.07, 6.45) is -0.0696. The first kappa shape index (κ1) is 11.3. The van der Waals surface area contributed by atoms with Crippen molar-refractivity contribution >= 4 is 33.2 Å². The minimum Gasteiger partial charge on any atom is -0.481 e. The number of rotatable bonds is 3. The van der Waals surface area contributed by atoms with Gasteiger partial charge in [0.1, 0.15) is 4.60 Å². The van der Waals surface area contributed by atoms with Gasteiger partial charge >= 0.3 is 5.97 Å². The molecule has 0 atom stereocenters. The van der Waals surface area contributed by atoms with Crippen molar-refractivity contribution in [2.24, 2.45) is 7.05 Å². The largest absolute Gasteiger partial charge is 0.481 e. The van der Waals surface area contributed by atoms with Crippen molar-refractivity contribution in [3.8, 4) is 10.7 Å². The van der Waals surface area contributed by atoms with E-state index in [1.54, 1.807) is 11.3 Å². The Morgan fingerprint density at radius 3 is 3.00 bits per heavy atom. The predicted octanol–water partition coefficient (Wildman–Crippen LogP) is 2.54. The van der Waals surface area contributed by atoms with Gasteiger partial charge in [0, 0.05) is 7.05 Å². The molecule has 1 N–H and O–H groups in total. The molecular weight excluding hydrogens is 292 g/mol. The molecule has 0 aliphatic heterocycles. The van der Waals surface area contributed by atoms with Crippen molar-refractivity contribution in [3.05, 3.63) is 27.8 Å². The third-order valence-corrected chi connectivity index (χ3v) is 4.01. The highest BCUT2D eigenvalue weighted by Crippen LogP contribution is 2.28. The Hall–Kier alpha value is -1.14. The molecule has 0 aromatic carbocycles. The molecule has 84 valence electrons. The Morgan fingerprint density at radius 2 is 2.44 bits per heavy atom. The van der Waals surface area contributed by atoms with Crippen molar-refractivity contribution in [2.45, 2.75) is 6.42 Å². The van der Waals surface area contributed by atoms with Crippen LogP contribution in [0.5, 0.6) is 0 Å². The molecule has 0 radical (unpaired) electrons. The quantitative estimate of drug-likeness (QED) is 0.948. The number of hydrogen-bond acceptors (Lipinski definition) is 3. The molecule has 2 heterocycles. The third-order valence-electron chi connectivity index (χ3n) is 2.15. The van der Waals surface area contributed by atoms with Crippen molar-refractivity contribution in [3.63, 3.8) is 0 Å². The standard InChI is InChI=1S/C10H9BrN2O2S/c1-13-9(11)6(5-8(14)15)12-10(13)7-3-2-4-16-7/h2-4H,5H2,1H3,(H,14,15). The van der Waals surface area contributed by atoms with Gasteiger partial charge in [-0.3, -0.25) is 4.79 Å². The van der Waals surface area contributed by atoms with Crippen molar-refractivity contribution in [1.82, 2.24) is 9.55 Å². The number of hydrogen-bond donors (Lipinski definition) is 1. The average Bonchev–Trinajstić information content (AvgIpc) is 2.81. The minimum atomic E-state index is -0.878. The Kier molecular flexibility index (Phi) is 3.11. The average molecular weight is 301 g/mol. The van der Waals surface area contributed by atoms with Crippen LogP contribution < -0.4 is 0 Å². The van der Waals surface area contributed by atoms with Crippen LogP contribution in [0.25, 0.3) is 10.7 Å². The summed E-state index contributed by atoms with van der Waals surface area (Å²) in [6, 6.07) is 3.91. The lowest BCUT2D eigenvalue weighted by molar-refractivity contribution is -0.136. The molecule has 0 amide bonds. The van der Waals surface area contributed by atoms with Crippen LogP contribution >= 0.6 is 27.3 Å². The molecule has 0 saturated heterocycles. The highest BCUT2D eigenvalue weighted by Gasteiger charge is 2.16. The first-order valence-corrected chi connectivity index (χ1v) is 6.23. The smallest absolute Gasteiger partial charge is 0.309 e. The van der Waals surface area contributed by atoms with E-state index in [0.717, 1.165) is 15.3 Å². The number of carbonyl (C=O) groups is 1. The molecule has 2 aromatic heterocycles. The van der Waals surface area contributed by atoms with Crippen LogP contribution in [0.1, 0.15) is 5.69 Å². The van der Waals surface area contributed by atoms with Crippen LogP contribution in [0, 0.1) is 0 Å². The third kappa shape index (κ3) is 2.03. The van der Waals surface area contributed by atoms with E-state index in [4.69, 9.17) is 5.11 Å². The summed E-state index contributed by atoms with van der Waals surface area (Å²) in [7, 11) is 1.86. The van der Waals surface area contributed by atoms with E-state index in [2.05, 4.69) is 20.9 Å². The summed E-state index contributed by atoms with van der Waals surface area (Å²) < 4.78 is 2.57. The maximum atomic E-state index is 10.7. The molecular formula is C10H9BrN2O2S. The summed E-state index contributed by atoms with van der Waals surface area (Å²) in [6.45, 7) is 0. The van der Waals surface area contributed by atoms with E-state index in [1.807, 2.05) is 29.1 Å². The number of imidazole rings is 1. The summed E-state index contributed by atoms with van der Waals surface area (Å²) >= 11 is 4.94. The van der Waals surface area contributed by atoms with Gasteiger partial charge in [-0.2, -0.15) is 0 Å². The van der Waals surface area contributed by atoms with Gasteiger partial charge in [0.15, 0.2) is 5.82 Å². The van der Waals surface area contributed by atoms with Gasteiger partial charge < -0.3 is 9.67 Å². The summed E-state index contributed by atoms with van der Waals surface area (Å²) in [5.74, 6) is -0.0883. The lowest BCUT2D eigenvalue weighted by Gasteiger charge is -1.98. The van der Waals surface area contributed by atoms with Crippen molar-refractivity contribution in [1.29, 1.82) is 0 Å².